The van der Waals surface area contributed by atoms with Crippen molar-refractivity contribution in [1.29, 1.82) is 0 Å². The molecule has 3 unspecified atom stereocenters. The van der Waals surface area contributed by atoms with Gasteiger partial charge >= 0.3 is 0 Å². The molecule has 0 radical (unpaired) electrons. The average molecular weight is 345 g/mol. The van der Waals surface area contributed by atoms with Crippen LogP contribution < -0.4 is 5.73 Å². The first-order valence-electron chi connectivity index (χ1n) is 9.82. The Balaban J connectivity index is 1.77. The fourth-order valence-electron chi connectivity index (χ4n) is 6.73. The third kappa shape index (κ3) is 2.27. The minimum atomic E-state index is -0.577. The summed E-state index contributed by atoms with van der Waals surface area (Å²) in [5.74, 6) is 0.912. The van der Waals surface area contributed by atoms with Gasteiger partial charge in [-0.25, -0.2) is 0 Å². The van der Waals surface area contributed by atoms with E-state index in [0.29, 0.717) is 23.8 Å². The van der Waals surface area contributed by atoms with Crippen molar-refractivity contribution in [3.05, 3.63) is 23.3 Å². The number of Topliss-reactive ketones (excluding diaryl/α,β-unsaturated/α-hetero) is 1. The summed E-state index contributed by atoms with van der Waals surface area (Å²) < 4.78 is 0. The predicted molar refractivity (Wildman–Crippen MR) is 96.6 cm³/mol. The Kier molecular flexibility index (Phi) is 4.02. The lowest BCUT2D eigenvalue weighted by Crippen LogP contribution is -2.52. The van der Waals surface area contributed by atoms with E-state index in [1.807, 2.05) is 0 Å². The van der Waals surface area contributed by atoms with E-state index in [9.17, 15) is 15.0 Å². The molecule has 25 heavy (non-hydrogen) atoms. The molecule has 4 nitrogen and oxygen atoms in total. The monoisotopic (exact) mass is 345 g/mol. The number of rotatable bonds is 2. The van der Waals surface area contributed by atoms with Gasteiger partial charge in [0, 0.05) is 17.0 Å². The van der Waals surface area contributed by atoms with Gasteiger partial charge in [0.1, 0.15) is 6.61 Å². The molecule has 0 amide bonds. The molecule has 0 aliphatic heterocycles. The van der Waals surface area contributed by atoms with Crippen LogP contribution in [0.5, 0.6) is 0 Å². The van der Waals surface area contributed by atoms with Gasteiger partial charge in [0.25, 0.3) is 0 Å². The molecule has 2 fully saturated rings. The molecule has 4 N–H and O–H groups in total. The number of hydrogen-bond donors (Lipinski definition) is 3. The number of carbonyl (C=O) groups excluding carboxylic acids is 1. The molecule has 2 saturated carbocycles. The van der Waals surface area contributed by atoms with Gasteiger partial charge in [0.2, 0.25) is 0 Å². The molecule has 0 spiro atoms. The van der Waals surface area contributed by atoms with Crippen LogP contribution >= 0.6 is 0 Å². The van der Waals surface area contributed by atoms with Crippen LogP contribution in [0.2, 0.25) is 0 Å². The molecule has 0 bridgehead atoms. The fraction of sp³-hybridized carbons (Fsp3) is 0.762. The number of allylic oxidation sites excluding steroid dienone is 2. The van der Waals surface area contributed by atoms with Gasteiger partial charge in [-0.1, -0.05) is 25.5 Å². The first kappa shape index (κ1) is 17.4. The summed E-state index contributed by atoms with van der Waals surface area (Å²) in [5.41, 5.74) is 8.56. The van der Waals surface area contributed by atoms with Crippen LogP contribution in [0, 0.1) is 28.6 Å². The number of hydrogen-bond acceptors (Lipinski definition) is 4. The van der Waals surface area contributed by atoms with E-state index in [-0.39, 0.29) is 28.6 Å². The van der Waals surface area contributed by atoms with Gasteiger partial charge in [0.05, 0.1) is 6.10 Å². The number of ketones is 1. The molecule has 0 aromatic rings. The minimum Gasteiger partial charge on any atom is -0.389 e. The maximum Gasteiger partial charge on any atom is 0.184 e. The number of aliphatic hydroxyl groups excluding tert-OH is 2. The van der Waals surface area contributed by atoms with Crippen molar-refractivity contribution in [1.82, 2.24) is 0 Å². The Morgan fingerprint density at radius 2 is 2.04 bits per heavy atom. The second kappa shape index (κ2) is 5.77. The minimum absolute atomic E-state index is 0.185. The Bertz CT molecular complexity index is 654. The predicted octanol–water partition coefficient (Wildman–Crippen LogP) is 2.35. The second-order valence-electron chi connectivity index (χ2n) is 9.22. The van der Waals surface area contributed by atoms with Gasteiger partial charge in [0.15, 0.2) is 5.78 Å². The summed E-state index contributed by atoms with van der Waals surface area (Å²) in [5, 5.41) is 19.7. The first-order valence-corrected chi connectivity index (χ1v) is 9.82. The van der Waals surface area contributed by atoms with Crippen LogP contribution in [-0.2, 0) is 4.79 Å². The quantitative estimate of drug-likeness (QED) is 0.671. The Hall–Kier alpha value is -0.970. The Morgan fingerprint density at radius 3 is 2.76 bits per heavy atom. The van der Waals surface area contributed by atoms with Gasteiger partial charge in [-0.3, -0.25) is 4.79 Å². The highest BCUT2D eigenvalue weighted by Crippen LogP contribution is 2.64. The summed E-state index contributed by atoms with van der Waals surface area (Å²) in [6.45, 7) is 4.08. The van der Waals surface area contributed by atoms with Crippen LogP contribution in [-0.4, -0.2) is 34.7 Å². The zero-order valence-corrected chi connectivity index (χ0v) is 15.4. The lowest BCUT2D eigenvalue weighted by atomic mass is 9.47. The zero-order valence-electron chi connectivity index (χ0n) is 15.4. The molecule has 0 heterocycles. The summed E-state index contributed by atoms with van der Waals surface area (Å²) in [6, 6.07) is 0.271. The molecule has 0 aromatic heterocycles. The van der Waals surface area contributed by atoms with Gasteiger partial charge < -0.3 is 15.9 Å². The average Bonchev–Trinajstić information content (AvgIpc) is 2.89. The Morgan fingerprint density at radius 1 is 1.28 bits per heavy atom. The van der Waals surface area contributed by atoms with Gasteiger partial charge in [-0.2, -0.15) is 0 Å². The van der Waals surface area contributed by atoms with Crippen molar-refractivity contribution in [3.63, 3.8) is 0 Å². The second-order valence-corrected chi connectivity index (χ2v) is 9.22. The maximum absolute atomic E-state index is 12.5. The van der Waals surface area contributed by atoms with Crippen molar-refractivity contribution >= 4 is 5.78 Å². The van der Waals surface area contributed by atoms with Gasteiger partial charge in [-0.15, -0.1) is 0 Å². The summed E-state index contributed by atoms with van der Waals surface area (Å²) >= 11 is 0. The van der Waals surface area contributed by atoms with Crippen LogP contribution in [0.3, 0.4) is 0 Å². The van der Waals surface area contributed by atoms with Crippen molar-refractivity contribution in [2.24, 2.45) is 34.3 Å². The van der Waals surface area contributed by atoms with Crippen molar-refractivity contribution < 1.29 is 15.0 Å². The molecule has 4 aliphatic rings. The number of carbonyl (C=O) groups is 1. The van der Waals surface area contributed by atoms with Crippen LogP contribution in [0.1, 0.15) is 52.4 Å². The fourth-order valence-corrected chi connectivity index (χ4v) is 6.73. The Labute approximate surface area is 150 Å². The molecule has 7 atom stereocenters. The van der Waals surface area contributed by atoms with Gasteiger partial charge in [-0.05, 0) is 67.8 Å². The molecular weight excluding hydrogens is 314 g/mol. The van der Waals surface area contributed by atoms with E-state index in [1.54, 1.807) is 6.08 Å². The van der Waals surface area contributed by atoms with E-state index in [2.05, 4.69) is 19.9 Å². The summed E-state index contributed by atoms with van der Waals surface area (Å²) in [6.07, 6.45) is 9.57. The highest BCUT2D eigenvalue weighted by Gasteiger charge is 2.58. The van der Waals surface area contributed by atoms with E-state index in [0.717, 1.165) is 32.1 Å². The topological polar surface area (TPSA) is 83.5 Å². The number of nitrogens with two attached hydrogens (primary N) is 1. The number of aliphatic hydroxyl groups is 2. The highest BCUT2D eigenvalue weighted by atomic mass is 16.3. The SMILES string of the molecule is C[C@]12C(C(=O)CO)=CC(O)CC1CC=C1[C@H]2CC[C@]2(C)C(N)CC[C@@H]12. The molecule has 0 saturated heterocycles. The molecule has 4 rings (SSSR count). The maximum atomic E-state index is 12.5. The van der Waals surface area contributed by atoms with Crippen molar-refractivity contribution in [2.75, 3.05) is 6.61 Å². The van der Waals surface area contributed by atoms with Crippen LogP contribution in [0.25, 0.3) is 0 Å². The van der Waals surface area contributed by atoms with E-state index >= 15 is 0 Å². The summed E-state index contributed by atoms with van der Waals surface area (Å²) in [4.78, 5) is 12.5. The summed E-state index contributed by atoms with van der Waals surface area (Å²) in [7, 11) is 0. The molecule has 138 valence electrons. The number of fused-ring (bicyclic) bond motifs is 5. The van der Waals surface area contributed by atoms with E-state index in [4.69, 9.17) is 5.73 Å². The lowest BCUT2D eigenvalue weighted by Gasteiger charge is -2.57. The van der Waals surface area contributed by atoms with E-state index in [1.165, 1.54) is 5.57 Å². The van der Waals surface area contributed by atoms with Crippen LogP contribution in [0.15, 0.2) is 23.3 Å². The zero-order chi connectivity index (χ0) is 18.0. The first-order chi connectivity index (χ1) is 11.8. The standard InChI is InChI=1S/C21H31NO3/c1-20-8-7-16-14(15(20)5-6-19(20)22)4-3-12-9-13(24)10-17(18(25)11-23)21(12,16)2/h4,10,12-13,15-16,19,23-24H,3,5-9,11,22H2,1-2H3/t12?,13?,15-,16+,19?,20-,21-/m0/s1. The molecular formula is C21H31NO3. The normalized spacial score (nSPS) is 48.8. The highest BCUT2D eigenvalue weighted by molar-refractivity contribution is 5.98. The third-order valence-corrected chi connectivity index (χ3v) is 8.31. The van der Waals surface area contributed by atoms with Crippen molar-refractivity contribution in [3.8, 4) is 0 Å². The molecule has 4 heteroatoms. The van der Waals surface area contributed by atoms with Crippen LogP contribution in [0.4, 0.5) is 0 Å². The molecule has 4 aliphatic carbocycles. The smallest absolute Gasteiger partial charge is 0.184 e. The van der Waals surface area contributed by atoms with Crippen molar-refractivity contribution in [2.45, 2.75) is 64.5 Å². The molecule has 0 aromatic carbocycles. The largest absolute Gasteiger partial charge is 0.389 e. The lowest BCUT2D eigenvalue weighted by molar-refractivity contribution is -0.121. The van der Waals surface area contributed by atoms with E-state index < -0.39 is 12.7 Å². The third-order valence-electron chi connectivity index (χ3n) is 8.31.